The van der Waals surface area contributed by atoms with E-state index in [1.54, 1.807) is 12.1 Å². The third kappa shape index (κ3) is 5.01. The molecule has 0 fully saturated rings. The Kier molecular flexibility index (Phi) is 5.61. The quantitative estimate of drug-likeness (QED) is 0.725. The molecule has 7 nitrogen and oxygen atoms in total. The van der Waals surface area contributed by atoms with E-state index in [-0.39, 0.29) is 5.91 Å². The van der Waals surface area contributed by atoms with Crippen LogP contribution >= 0.6 is 0 Å². The Morgan fingerprint density at radius 3 is 2.56 bits per heavy atom. The van der Waals surface area contributed by atoms with Crippen molar-refractivity contribution in [2.75, 3.05) is 19.0 Å². The predicted octanol–water partition coefficient (Wildman–Crippen LogP) is 2.97. The van der Waals surface area contributed by atoms with Gasteiger partial charge in [0.1, 0.15) is 5.75 Å². The zero-order valence-corrected chi connectivity index (χ0v) is 15.5. The van der Waals surface area contributed by atoms with Gasteiger partial charge in [0.2, 0.25) is 11.8 Å². The Labute approximate surface area is 158 Å². The SMILES string of the molecule is Cc1cc(CNC(=O)c2ccc(Oc3ccccc3)nc2)nc(N(C)C)n1. The van der Waals surface area contributed by atoms with Gasteiger partial charge in [-0.1, -0.05) is 18.2 Å². The van der Waals surface area contributed by atoms with Gasteiger partial charge in [-0.2, -0.15) is 0 Å². The smallest absolute Gasteiger partial charge is 0.253 e. The molecule has 0 atom stereocenters. The first kappa shape index (κ1) is 18.3. The summed E-state index contributed by atoms with van der Waals surface area (Å²) in [5.41, 5.74) is 2.05. The van der Waals surface area contributed by atoms with Gasteiger partial charge in [0.25, 0.3) is 5.91 Å². The fraction of sp³-hybridized carbons (Fsp3) is 0.200. The summed E-state index contributed by atoms with van der Waals surface area (Å²) < 4.78 is 5.63. The molecule has 3 aromatic rings. The number of para-hydroxylation sites is 1. The maximum Gasteiger partial charge on any atom is 0.253 e. The lowest BCUT2D eigenvalue weighted by atomic mass is 10.2. The lowest BCUT2D eigenvalue weighted by molar-refractivity contribution is 0.0950. The van der Waals surface area contributed by atoms with Gasteiger partial charge in [0.15, 0.2) is 0 Å². The largest absolute Gasteiger partial charge is 0.439 e. The topological polar surface area (TPSA) is 80.2 Å². The number of rotatable bonds is 6. The Morgan fingerprint density at radius 1 is 1.11 bits per heavy atom. The maximum absolute atomic E-state index is 12.3. The Hall–Kier alpha value is -3.48. The number of pyridine rings is 1. The number of anilines is 1. The molecule has 0 bridgehead atoms. The first-order valence-corrected chi connectivity index (χ1v) is 8.50. The van der Waals surface area contributed by atoms with Crippen LogP contribution < -0.4 is 15.0 Å². The Balaban J connectivity index is 1.61. The zero-order valence-electron chi connectivity index (χ0n) is 15.5. The number of hydrogen-bond donors (Lipinski definition) is 1. The molecule has 3 rings (SSSR count). The van der Waals surface area contributed by atoms with Crippen LogP contribution in [0.15, 0.2) is 54.7 Å². The van der Waals surface area contributed by atoms with Crippen molar-refractivity contribution in [1.82, 2.24) is 20.3 Å². The second kappa shape index (κ2) is 8.27. The summed E-state index contributed by atoms with van der Waals surface area (Å²) in [6, 6.07) is 14.6. The summed E-state index contributed by atoms with van der Waals surface area (Å²) in [5, 5.41) is 2.85. The van der Waals surface area contributed by atoms with Crippen LogP contribution in [0, 0.1) is 6.92 Å². The predicted molar refractivity (Wildman–Crippen MR) is 103 cm³/mol. The van der Waals surface area contributed by atoms with E-state index in [9.17, 15) is 4.79 Å². The van der Waals surface area contributed by atoms with Gasteiger partial charge in [0, 0.05) is 32.1 Å². The van der Waals surface area contributed by atoms with E-state index >= 15 is 0 Å². The van der Waals surface area contributed by atoms with Crippen LogP contribution in [0.5, 0.6) is 11.6 Å². The number of aryl methyl sites for hydroxylation is 1. The van der Waals surface area contributed by atoms with Crippen molar-refractivity contribution in [1.29, 1.82) is 0 Å². The highest BCUT2D eigenvalue weighted by atomic mass is 16.5. The van der Waals surface area contributed by atoms with Crippen molar-refractivity contribution in [2.45, 2.75) is 13.5 Å². The van der Waals surface area contributed by atoms with Crippen LogP contribution in [0.3, 0.4) is 0 Å². The highest BCUT2D eigenvalue weighted by Gasteiger charge is 2.09. The average molecular weight is 363 g/mol. The molecule has 2 heterocycles. The minimum absolute atomic E-state index is 0.226. The standard InChI is InChI=1S/C20H21N5O2/c1-14-11-16(24-20(23-14)25(2)3)13-22-19(26)15-9-10-18(21-12-15)27-17-7-5-4-6-8-17/h4-12H,13H2,1-3H3,(H,22,26). The number of nitrogens with zero attached hydrogens (tertiary/aromatic N) is 4. The number of aromatic nitrogens is 3. The van der Waals surface area contributed by atoms with Gasteiger partial charge in [-0.3, -0.25) is 4.79 Å². The summed E-state index contributed by atoms with van der Waals surface area (Å²) in [7, 11) is 3.75. The van der Waals surface area contributed by atoms with Crippen molar-refractivity contribution in [3.05, 3.63) is 71.7 Å². The molecule has 0 saturated carbocycles. The Morgan fingerprint density at radius 2 is 1.89 bits per heavy atom. The molecule has 0 aliphatic rings. The number of ether oxygens (including phenoxy) is 1. The lowest BCUT2D eigenvalue weighted by Crippen LogP contribution is -2.24. The number of hydrogen-bond acceptors (Lipinski definition) is 6. The number of benzene rings is 1. The van der Waals surface area contributed by atoms with Crippen LogP contribution in [-0.4, -0.2) is 35.0 Å². The van der Waals surface area contributed by atoms with E-state index in [4.69, 9.17) is 4.74 Å². The van der Waals surface area contributed by atoms with Crippen LogP contribution in [0.2, 0.25) is 0 Å². The number of amides is 1. The number of carbonyl (C=O) groups excluding carboxylic acids is 1. The minimum atomic E-state index is -0.226. The molecule has 0 radical (unpaired) electrons. The number of nitrogens with one attached hydrogen (secondary N) is 1. The molecule has 0 saturated heterocycles. The van der Waals surface area contributed by atoms with E-state index in [0.29, 0.717) is 29.7 Å². The van der Waals surface area contributed by atoms with E-state index < -0.39 is 0 Å². The van der Waals surface area contributed by atoms with Crippen molar-refractivity contribution in [2.24, 2.45) is 0 Å². The summed E-state index contributed by atoms with van der Waals surface area (Å²) >= 11 is 0. The average Bonchev–Trinajstić information content (AvgIpc) is 2.67. The van der Waals surface area contributed by atoms with Gasteiger partial charge in [-0.15, -0.1) is 0 Å². The van der Waals surface area contributed by atoms with Gasteiger partial charge < -0.3 is 15.0 Å². The summed E-state index contributed by atoms with van der Waals surface area (Å²) in [6.07, 6.45) is 1.49. The fourth-order valence-electron chi connectivity index (χ4n) is 2.36. The molecule has 27 heavy (non-hydrogen) atoms. The van der Waals surface area contributed by atoms with E-state index in [0.717, 1.165) is 11.4 Å². The van der Waals surface area contributed by atoms with Crippen LogP contribution in [0.25, 0.3) is 0 Å². The van der Waals surface area contributed by atoms with Gasteiger partial charge in [-0.05, 0) is 31.2 Å². The summed E-state index contributed by atoms with van der Waals surface area (Å²) in [4.78, 5) is 27.1. The summed E-state index contributed by atoms with van der Waals surface area (Å²) in [5.74, 6) is 1.51. The molecule has 2 aromatic heterocycles. The molecule has 0 aliphatic heterocycles. The highest BCUT2D eigenvalue weighted by molar-refractivity contribution is 5.93. The molecule has 0 aliphatic carbocycles. The van der Waals surface area contributed by atoms with Crippen LogP contribution in [0.4, 0.5) is 5.95 Å². The molecule has 7 heteroatoms. The second-order valence-electron chi connectivity index (χ2n) is 6.18. The van der Waals surface area contributed by atoms with Crippen LogP contribution in [-0.2, 0) is 6.54 Å². The molecule has 138 valence electrons. The van der Waals surface area contributed by atoms with Crippen molar-refractivity contribution in [3.63, 3.8) is 0 Å². The van der Waals surface area contributed by atoms with E-state index in [1.807, 2.05) is 62.3 Å². The number of carbonyl (C=O) groups is 1. The Bertz CT molecular complexity index is 911. The maximum atomic E-state index is 12.3. The molecular formula is C20H21N5O2. The molecule has 1 N–H and O–H groups in total. The normalized spacial score (nSPS) is 10.3. The lowest BCUT2D eigenvalue weighted by Gasteiger charge is -2.12. The van der Waals surface area contributed by atoms with E-state index in [2.05, 4.69) is 20.3 Å². The third-order valence-electron chi connectivity index (χ3n) is 3.69. The van der Waals surface area contributed by atoms with Gasteiger partial charge >= 0.3 is 0 Å². The van der Waals surface area contributed by atoms with Crippen molar-refractivity contribution < 1.29 is 9.53 Å². The highest BCUT2D eigenvalue weighted by Crippen LogP contribution is 2.18. The first-order valence-electron chi connectivity index (χ1n) is 8.50. The van der Waals surface area contributed by atoms with Crippen LogP contribution in [0.1, 0.15) is 21.7 Å². The van der Waals surface area contributed by atoms with Gasteiger partial charge in [0.05, 0.1) is 17.8 Å². The molecular weight excluding hydrogens is 342 g/mol. The fourth-order valence-corrected chi connectivity index (χ4v) is 2.36. The second-order valence-corrected chi connectivity index (χ2v) is 6.18. The molecule has 1 aromatic carbocycles. The monoisotopic (exact) mass is 363 g/mol. The van der Waals surface area contributed by atoms with Gasteiger partial charge in [-0.25, -0.2) is 15.0 Å². The third-order valence-corrected chi connectivity index (χ3v) is 3.69. The van der Waals surface area contributed by atoms with Crippen molar-refractivity contribution in [3.8, 4) is 11.6 Å². The van der Waals surface area contributed by atoms with Crippen molar-refractivity contribution >= 4 is 11.9 Å². The molecule has 0 spiro atoms. The summed E-state index contributed by atoms with van der Waals surface area (Å²) in [6.45, 7) is 2.21. The first-order chi connectivity index (χ1) is 13.0. The van der Waals surface area contributed by atoms with E-state index in [1.165, 1.54) is 6.20 Å². The zero-order chi connectivity index (χ0) is 19.2. The molecule has 0 unspecified atom stereocenters. The minimum Gasteiger partial charge on any atom is -0.439 e. The molecule has 1 amide bonds.